The molecule has 2 aromatic rings. The first-order chi connectivity index (χ1) is 9.52. The monoisotopic (exact) mass is 272 g/mol. The Morgan fingerprint density at radius 1 is 1.20 bits per heavy atom. The second-order valence-corrected chi connectivity index (χ2v) is 5.43. The molecule has 0 aliphatic rings. The Morgan fingerprint density at radius 3 is 2.35 bits per heavy atom. The van der Waals surface area contributed by atoms with Crippen LogP contribution in [0, 0.1) is 20.8 Å². The maximum Gasteiger partial charge on any atom is 0.138 e. The minimum absolute atomic E-state index is 0.281. The molecule has 2 rings (SSSR count). The van der Waals surface area contributed by atoms with E-state index in [1.165, 1.54) is 22.3 Å². The predicted molar refractivity (Wildman–Crippen MR) is 81.8 cm³/mol. The average Bonchev–Trinajstić information content (AvgIpc) is 2.74. The summed E-state index contributed by atoms with van der Waals surface area (Å²) in [7, 11) is 1.94. The third kappa shape index (κ3) is 3.07. The van der Waals surface area contributed by atoms with Gasteiger partial charge >= 0.3 is 0 Å². The van der Waals surface area contributed by atoms with E-state index in [-0.39, 0.29) is 6.04 Å². The van der Waals surface area contributed by atoms with Crippen molar-refractivity contribution in [2.75, 3.05) is 6.54 Å². The molecule has 20 heavy (non-hydrogen) atoms. The van der Waals surface area contributed by atoms with Gasteiger partial charge in [0.15, 0.2) is 0 Å². The molecular weight excluding hydrogens is 248 g/mol. The summed E-state index contributed by atoms with van der Waals surface area (Å²) in [6.45, 7) is 9.61. The minimum atomic E-state index is 0.281. The van der Waals surface area contributed by atoms with Crippen LogP contribution in [-0.2, 0) is 13.5 Å². The number of hydrogen-bond donors (Lipinski definition) is 1. The molecule has 1 unspecified atom stereocenters. The zero-order valence-electron chi connectivity index (χ0n) is 13.1. The Bertz CT molecular complexity index is 563. The highest BCUT2D eigenvalue weighted by Crippen LogP contribution is 2.25. The van der Waals surface area contributed by atoms with Crippen LogP contribution in [-0.4, -0.2) is 21.3 Å². The van der Waals surface area contributed by atoms with Gasteiger partial charge in [0.2, 0.25) is 0 Å². The van der Waals surface area contributed by atoms with Crippen molar-refractivity contribution in [2.45, 2.75) is 40.2 Å². The van der Waals surface area contributed by atoms with E-state index >= 15 is 0 Å². The standard InChI is InChI=1S/C16H24N4/c1-6-17-14(9-15-18-10-19-20(15)5)16-12(3)7-11(2)8-13(16)4/h7-8,10,14,17H,6,9H2,1-5H3. The van der Waals surface area contributed by atoms with Gasteiger partial charge in [-0.15, -0.1) is 0 Å². The average molecular weight is 272 g/mol. The molecule has 0 fully saturated rings. The Kier molecular flexibility index (Phi) is 4.55. The predicted octanol–water partition coefficient (Wildman–Crippen LogP) is 2.63. The highest BCUT2D eigenvalue weighted by atomic mass is 15.3. The van der Waals surface area contributed by atoms with Gasteiger partial charge < -0.3 is 5.32 Å². The maximum atomic E-state index is 4.35. The molecule has 0 aliphatic heterocycles. The number of aryl methyl sites for hydroxylation is 4. The van der Waals surface area contributed by atoms with Gasteiger partial charge in [-0.05, 0) is 44.0 Å². The number of rotatable bonds is 5. The summed E-state index contributed by atoms with van der Waals surface area (Å²) in [5.74, 6) is 1.01. The van der Waals surface area contributed by atoms with Crippen molar-refractivity contribution in [3.05, 3.63) is 46.5 Å². The van der Waals surface area contributed by atoms with E-state index in [9.17, 15) is 0 Å². The van der Waals surface area contributed by atoms with Gasteiger partial charge in [0.25, 0.3) is 0 Å². The Labute approximate surface area is 121 Å². The molecule has 0 saturated heterocycles. The van der Waals surface area contributed by atoms with Gasteiger partial charge in [-0.1, -0.05) is 24.6 Å². The summed E-state index contributed by atoms with van der Waals surface area (Å²) in [5, 5.41) is 7.74. The first-order valence-corrected chi connectivity index (χ1v) is 7.17. The molecule has 0 spiro atoms. The fourth-order valence-corrected chi connectivity index (χ4v) is 2.95. The summed E-state index contributed by atoms with van der Waals surface area (Å²) in [6.07, 6.45) is 2.47. The highest BCUT2D eigenvalue weighted by Gasteiger charge is 2.18. The van der Waals surface area contributed by atoms with Gasteiger partial charge in [-0.3, -0.25) is 4.68 Å². The van der Waals surface area contributed by atoms with E-state index in [2.05, 4.69) is 55.2 Å². The van der Waals surface area contributed by atoms with E-state index in [1.54, 1.807) is 6.33 Å². The third-order valence-electron chi connectivity index (χ3n) is 3.73. The Hall–Kier alpha value is -1.68. The van der Waals surface area contributed by atoms with Gasteiger partial charge in [-0.25, -0.2) is 4.98 Å². The number of nitrogens with one attached hydrogen (secondary N) is 1. The topological polar surface area (TPSA) is 42.7 Å². The molecule has 1 N–H and O–H groups in total. The van der Waals surface area contributed by atoms with E-state index in [0.29, 0.717) is 0 Å². The highest BCUT2D eigenvalue weighted by molar-refractivity contribution is 5.40. The van der Waals surface area contributed by atoms with Crippen LogP contribution in [0.1, 0.15) is 41.0 Å². The van der Waals surface area contributed by atoms with Crippen LogP contribution in [0.25, 0.3) is 0 Å². The number of hydrogen-bond acceptors (Lipinski definition) is 3. The molecule has 1 aromatic heterocycles. The molecule has 0 saturated carbocycles. The fourth-order valence-electron chi connectivity index (χ4n) is 2.95. The second-order valence-electron chi connectivity index (χ2n) is 5.43. The lowest BCUT2D eigenvalue weighted by molar-refractivity contribution is 0.518. The molecule has 0 radical (unpaired) electrons. The van der Waals surface area contributed by atoms with Crippen LogP contribution in [0.4, 0.5) is 0 Å². The van der Waals surface area contributed by atoms with Crippen LogP contribution in [0.15, 0.2) is 18.5 Å². The Balaban J connectivity index is 2.36. The zero-order valence-corrected chi connectivity index (χ0v) is 13.1. The van der Waals surface area contributed by atoms with Crippen LogP contribution in [0.2, 0.25) is 0 Å². The summed E-state index contributed by atoms with van der Waals surface area (Å²) >= 11 is 0. The largest absolute Gasteiger partial charge is 0.310 e. The maximum absolute atomic E-state index is 4.35. The Morgan fingerprint density at radius 2 is 1.85 bits per heavy atom. The first kappa shape index (κ1) is 14.7. The van der Waals surface area contributed by atoms with Crippen molar-refractivity contribution >= 4 is 0 Å². The zero-order chi connectivity index (χ0) is 14.7. The summed E-state index contributed by atoms with van der Waals surface area (Å²) < 4.78 is 1.85. The van der Waals surface area contributed by atoms with E-state index in [1.807, 2.05) is 11.7 Å². The van der Waals surface area contributed by atoms with Crippen LogP contribution >= 0.6 is 0 Å². The molecule has 4 nitrogen and oxygen atoms in total. The molecule has 0 aliphatic carbocycles. The molecular formula is C16H24N4. The van der Waals surface area contributed by atoms with Crippen molar-refractivity contribution in [2.24, 2.45) is 7.05 Å². The summed E-state index contributed by atoms with van der Waals surface area (Å²) in [4.78, 5) is 4.35. The molecule has 1 atom stereocenters. The van der Waals surface area contributed by atoms with Crippen LogP contribution < -0.4 is 5.32 Å². The van der Waals surface area contributed by atoms with E-state index in [0.717, 1.165) is 18.8 Å². The SMILES string of the molecule is CCNC(Cc1ncnn1C)c1c(C)cc(C)cc1C. The van der Waals surface area contributed by atoms with Gasteiger partial charge in [0, 0.05) is 19.5 Å². The van der Waals surface area contributed by atoms with Crippen molar-refractivity contribution in [1.82, 2.24) is 20.1 Å². The fraction of sp³-hybridized carbons (Fsp3) is 0.500. The van der Waals surface area contributed by atoms with Crippen LogP contribution in [0.5, 0.6) is 0 Å². The van der Waals surface area contributed by atoms with Crippen molar-refractivity contribution in [3.8, 4) is 0 Å². The molecule has 4 heteroatoms. The number of benzene rings is 1. The minimum Gasteiger partial charge on any atom is -0.310 e. The molecule has 0 amide bonds. The molecule has 0 bridgehead atoms. The van der Waals surface area contributed by atoms with Crippen molar-refractivity contribution < 1.29 is 0 Å². The van der Waals surface area contributed by atoms with Gasteiger partial charge in [-0.2, -0.15) is 5.10 Å². The van der Waals surface area contributed by atoms with E-state index < -0.39 is 0 Å². The van der Waals surface area contributed by atoms with Crippen molar-refractivity contribution in [3.63, 3.8) is 0 Å². The molecule has 1 aromatic carbocycles. The lowest BCUT2D eigenvalue weighted by Crippen LogP contribution is -2.26. The van der Waals surface area contributed by atoms with Gasteiger partial charge in [0.05, 0.1) is 0 Å². The lowest BCUT2D eigenvalue weighted by atomic mass is 9.92. The van der Waals surface area contributed by atoms with Crippen LogP contribution in [0.3, 0.4) is 0 Å². The summed E-state index contributed by atoms with van der Waals surface area (Å²) in [5.41, 5.74) is 5.39. The van der Waals surface area contributed by atoms with E-state index in [4.69, 9.17) is 0 Å². The quantitative estimate of drug-likeness (QED) is 0.910. The summed E-state index contributed by atoms with van der Waals surface area (Å²) in [6, 6.07) is 4.79. The smallest absolute Gasteiger partial charge is 0.138 e. The normalized spacial score (nSPS) is 12.7. The number of nitrogens with zero attached hydrogens (tertiary/aromatic N) is 3. The second kappa shape index (κ2) is 6.18. The van der Waals surface area contributed by atoms with Gasteiger partial charge in [0.1, 0.15) is 12.2 Å². The van der Waals surface area contributed by atoms with Crippen molar-refractivity contribution in [1.29, 1.82) is 0 Å². The first-order valence-electron chi connectivity index (χ1n) is 7.17. The number of aromatic nitrogens is 3. The molecule has 1 heterocycles. The number of likely N-dealkylation sites (N-methyl/N-ethyl adjacent to an activating group) is 1. The third-order valence-corrected chi connectivity index (χ3v) is 3.73. The lowest BCUT2D eigenvalue weighted by Gasteiger charge is -2.22. The molecule has 108 valence electrons.